The second-order valence-electron chi connectivity index (χ2n) is 4.86. The van der Waals surface area contributed by atoms with Gasteiger partial charge in [0.25, 0.3) is 0 Å². The van der Waals surface area contributed by atoms with E-state index in [1.165, 1.54) is 0 Å². The average Bonchev–Trinajstić information content (AvgIpc) is 2.47. The molecule has 2 aromatic carbocycles. The molecule has 0 aliphatic rings. The molecular formula is C15H20N4O. The third-order valence-electron chi connectivity index (χ3n) is 3.53. The molecule has 2 rings (SSSR count). The van der Waals surface area contributed by atoms with Crippen LogP contribution in [0.15, 0.2) is 48.5 Å². The van der Waals surface area contributed by atoms with Crippen molar-refractivity contribution in [2.75, 3.05) is 18.0 Å². The van der Waals surface area contributed by atoms with Crippen LogP contribution in [0.1, 0.15) is 11.1 Å². The second-order valence-corrected chi connectivity index (χ2v) is 4.86. The van der Waals surface area contributed by atoms with Gasteiger partial charge >= 0.3 is 0 Å². The molecule has 0 aliphatic carbocycles. The number of nitrogens with two attached hydrogens (primary N) is 4. The van der Waals surface area contributed by atoms with E-state index in [0.29, 0.717) is 11.4 Å². The molecule has 106 valence electrons. The summed E-state index contributed by atoms with van der Waals surface area (Å²) in [5, 5.41) is 10.3. The van der Waals surface area contributed by atoms with Gasteiger partial charge in [-0.1, -0.05) is 24.3 Å². The Kier molecular flexibility index (Phi) is 3.94. The van der Waals surface area contributed by atoms with Crippen molar-refractivity contribution < 1.29 is 5.11 Å². The van der Waals surface area contributed by atoms with Gasteiger partial charge in [-0.15, -0.1) is 0 Å². The summed E-state index contributed by atoms with van der Waals surface area (Å²) in [5.41, 5.74) is 25.1. The molecule has 9 N–H and O–H groups in total. The van der Waals surface area contributed by atoms with Crippen molar-refractivity contribution in [3.05, 3.63) is 59.7 Å². The number of anilines is 2. The quantitative estimate of drug-likeness (QED) is 0.514. The minimum atomic E-state index is -1.10. The molecular weight excluding hydrogens is 252 g/mol. The van der Waals surface area contributed by atoms with Crippen molar-refractivity contribution in [3.8, 4) is 0 Å². The van der Waals surface area contributed by atoms with Crippen LogP contribution in [0.3, 0.4) is 0 Å². The molecule has 0 radical (unpaired) electrons. The first-order chi connectivity index (χ1) is 9.48. The Morgan fingerprint density at radius 1 is 0.850 bits per heavy atom. The molecule has 5 nitrogen and oxygen atoms in total. The Hall–Kier alpha value is -2.08. The molecule has 2 aromatic rings. The monoisotopic (exact) mass is 272 g/mol. The highest BCUT2D eigenvalue weighted by Gasteiger charge is 2.36. The third kappa shape index (κ3) is 2.46. The van der Waals surface area contributed by atoms with Crippen molar-refractivity contribution in [2.45, 2.75) is 11.6 Å². The highest BCUT2D eigenvalue weighted by atomic mass is 16.3. The van der Waals surface area contributed by atoms with Crippen LogP contribution in [-0.2, 0) is 5.54 Å². The van der Waals surface area contributed by atoms with Gasteiger partial charge < -0.3 is 28.0 Å². The van der Waals surface area contributed by atoms with E-state index in [0.717, 1.165) is 11.1 Å². The fourth-order valence-electron chi connectivity index (χ4n) is 2.26. The van der Waals surface area contributed by atoms with Crippen molar-refractivity contribution in [3.63, 3.8) is 0 Å². The van der Waals surface area contributed by atoms with E-state index in [2.05, 4.69) is 0 Å². The van der Waals surface area contributed by atoms with Crippen LogP contribution >= 0.6 is 0 Å². The number of aliphatic hydroxyl groups is 1. The van der Waals surface area contributed by atoms with Crippen molar-refractivity contribution in [2.24, 2.45) is 11.5 Å². The number of hydrogen-bond acceptors (Lipinski definition) is 5. The zero-order valence-electron chi connectivity index (χ0n) is 11.2. The standard InChI is InChI=1S/C15H20N4O/c16-9-14(20)15(19,10-1-5-12(17)6-2-10)11-3-7-13(18)8-4-11/h1-8,14,20H,9,16-19H2. The van der Waals surface area contributed by atoms with Crippen LogP contribution in [0, 0.1) is 0 Å². The van der Waals surface area contributed by atoms with Crippen molar-refractivity contribution in [1.29, 1.82) is 0 Å². The number of nitrogen functional groups attached to an aromatic ring is 2. The van der Waals surface area contributed by atoms with Crippen LogP contribution in [0.5, 0.6) is 0 Å². The summed E-state index contributed by atoms with van der Waals surface area (Å²) >= 11 is 0. The second kappa shape index (κ2) is 5.50. The molecule has 0 spiro atoms. The Balaban J connectivity index is 2.55. The normalized spacial score (nSPS) is 13.2. The lowest BCUT2D eigenvalue weighted by molar-refractivity contribution is 0.112. The zero-order valence-corrected chi connectivity index (χ0v) is 11.2. The van der Waals surface area contributed by atoms with E-state index in [-0.39, 0.29) is 6.54 Å². The van der Waals surface area contributed by atoms with Crippen molar-refractivity contribution >= 4 is 11.4 Å². The average molecular weight is 272 g/mol. The van der Waals surface area contributed by atoms with Crippen LogP contribution in [0.4, 0.5) is 11.4 Å². The maximum absolute atomic E-state index is 10.3. The fraction of sp³-hybridized carbons (Fsp3) is 0.200. The van der Waals surface area contributed by atoms with E-state index in [1.54, 1.807) is 48.5 Å². The van der Waals surface area contributed by atoms with Crippen LogP contribution < -0.4 is 22.9 Å². The smallest absolute Gasteiger partial charge is 0.0941 e. The highest BCUT2D eigenvalue weighted by molar-refractivity contribution is 5.48. The van der Waals surface area contributed by atoms with Gasteiger partial charge in [-0.05, 0) is 35.4 Å². The van der Waals surface area contributed by atoms with Gasteiger partial charge in [-0.25, -0.2) is 0 Å². The summed E-state index contributed by atoms with van der Waals surface area (Å²) < 4.78 is 0. The molecule has 1 atom stereocenters. The van der Waals surface area contributed by atoms with Crippen LogP contribution in [-0.4, -0.2) is 17.8 Å². The Labute approximate surface area is 118 Å². The van der Waals surface area contributed by atoms with Crippen LogP contribution in [0.25, 0.3) is 0 Å². The van der Waals surface area contributed by atoms with Gasteiger partial charge in [-0.3, -0.25) is 0 Å². The number of rotatable bonds is 4. The lowest BCUT2D eigenvalue weighted by Crippen LogP contribution is -2.52. The van der Waals surface area contributed by atoms with Crippen molar-refractivity contribution in [1.82, 2.24) is 0 Å². The lowest BCUT2D eigenvalue weighted by atomic mass is 9.79. The predicted octanol–water partition coefficient (Wildman–Crippen LogP) is 0.373. The van der Waals surface area contributed by atoms with Gasteiger partial charge in [0.15, 0.2) is 0 Å². The molecule has 0 fully saturated rings. The SMILES string of the molecule is NCC(O)C(N)(c1ccc(N)cc1)c1ccc(N)cc1. The molecule has 0 heterocycles. The van der Waals surface area contributed by atoms with E-state index in [1.807, 2.05) is 0 Å². The molecule has 20 heavy (non-hydrogen) atoms. The molecule has 0 aromatic heterocycles. The summed E-state index contributed by atoms with van der Waals surface area (Å²) in [4.78, 5) is 0. The predicted molar refractivity (Wildman–Crippen MR) is 81.7 cm³/mol. The molecule has 5 heteroatoms. The zero-order chi connectivity index (χ0) is 14.8. The van der Waals surface area contributed by atoms with Gasteiger partial charge in [0.2, 0.25) is 0 Å². The molecule has 0 saturated carbocycles. The van der Waals surface area contributed by atoms with Gasteiger partial charge in [0, 0.05) is 17.9 Å². The van der Waals surface area contributed by atoms with E-state index >= 15 is 0 Å². The Bertz CT molecular complexity index is 520. The number of hydrogen-bond donors (Lipinski definition) is 5. The lowest BCUT2D eigenvalue weighted by Gasteiger charge is -2.35. The summed E-state index contributed by atoms with van der Waals surface area (Å²) in [6.07, 6.45) is -0.922. The fourth-order valence-corrected chi connectivity index (χ4v) is 2.26. The first-order valence-electron chi connectivity index (χ1n) is 6.37. The highest BCUT2D eigenvalue weighted by Crippen LogP contribution is 2.31. The van der Waals surface area contributed by atoms with E-state index in [4.69, 9.17) is 22.9 Å². The van der Waals surface area contributed by atoms with E-state index < -0.39 is 11.6 Å². The Morgan fingerprint density at radius 3 is 1.50 bits per heavy atom. The first kappa shape index (κ1) is 14.3. The maximum atomic E-state index is 10.3. The molecule has 0 bridgehead atoms. The molecule has 0 saturated heterocycles. The summed E-state index contributed by atoms with van der Waals surface area (Å²) in [7, 11) is 0. The summed E-state index contributed by atoms with van der Waals surface area (Å²) in [6.45, 7) is 0.0469. The summed E-state index contributed by atoms with van der Waals surface area (Å²) in [6, 6.07) is 14.2. The third-order valence-corrected chi connectivity index (χ3v) is 3.53. The molecule has 0 aliphatic heterocycles. The minimum absolute atomic E-state index is 0.0469. The molecule has 0 amide bonds. The number of benzene rings is 2. The van der Waals surface area contributed by atoms with E-state index in [9.17, 15) is 5.11 Å². The largest absolute Gasteiger partial charge is 0.399 e. The van der Waals surface area contributed by atoms with Gasteiger partial charge in [-0.2, -0.15) is 0 Å². The Morgan fingerprint density at radius 2 is 1.20 bits per heavy atom. The maximum Gasteiger partial charge on any atom is 0.0941 e. The topological polar surface area (TPSA) is 124 Å². The first-order valence-corrected chi connectivity index (χ1v) is 6.37. The summed E-state index contributed by atoms with van der Waals surface area (Å²) in [5.74, 6) is 0. The van der Waals surface area contributed by atoms with Crippen LogP contribution in [0.2, 0.25) is 0 Å². The molecule has 1 unspecified atom stereocenters. The van der Waals surface area contributed by atoms with Gasteiger partial charge in [0.05, 0.1) is 11.6 Å². The van der Waals surface area contributed by atoms with Gasteiger partial charge in [0.1, 0.15) is 0 Å². The minimum Gasteiger partial charge on any atom is -0.399 e. The number of aliphatic hydroxyl groups excluding tert-OH is 1.